The van der Waals surface area contributed by atoms with E-state index >= 15 is 0 Å². The first-order valence-corrected chi connectivity index (χ1v) is 8.48. The van der Waals surface area contributed by atoms with E-state index in [-0.39, 0.29) is 0 Å². The fourth-order valence-corrected chi connectivity index (χ4v) is 3.93. The van der Waals surface area contributed by atoms with Crippen molar-refractivity contribution in [1.29, 1.82) is 0 Å². The maximum absolute atomic E-state index is 4.86. The molecule has 0 bridgehead atoms. The number of hydrogen-bond acceptors (Lipinski definition) is 4. The van der Waals surface area contributed by atoms with Gasteiger partial charge in [0.2, 0.25) is 0 Å². The number of piperazine rings is 1. The lowest BCUT2D eigenvalue weighted by Crippen LogP contribution is -2.56. The van der Waals surface area contributed by atoms with Crippen LogP contribution in [0.5, 0.6) is 0 Å². The van der Waals surface area contributed by atoms with Gasteiger partial charge in [-0.1, -0.05) is 12.1 Å². The third-order valence-electron chi connectivity index (χ3n) is 5.05. The summed E-state index contributed by atoms with van der Waals surface area (Å²) in [6.45, 7) is 5.62. The lowest BCUT2D eigenvalue weighted by molar-refractivity contribution is 0.145. The van der Waals surface area contributed by atoms with Crippen molar-refractivity contribution >= 4 is 16.7 Å². The van der Waals surface area contributed by atoms with E-state index in [4.69, 9.17) is 5.10 Å². The second kappa shape index (κ2) is 5.89. The molecule has 1 aromatic carbocycles. The highest BCUT2D eigenvalue weighted by atomic mass is 15.4. The van der Waals surface area contributed by atoms with Gasteiger partial charge in [-0.25, -0.2) is 0 Å². The monoisotopic (exact) mass is 299 g/mol. The van der Waals surface area contributed by atoms with E-state index in [1.54, 1.807) is 0 Å². The van der Waals surface area contributed by atoms with Crippen LogP contribution >= 0.6 is 0 Å². The molecule has 0 radical (unpaired) electrons. The first-order chi connectivity index (χ1) is 10.8. The molecule has 2 aliphatic heterocycles. The largest absolute Gasteiger partial charge is 0.339 e. The van der Waals surface area contributed by atoms with Gasteiger partial charge >= 0.3 is 0 Å². The molecule has 5 nitrogen and oxygen atoms in total. The maximum Gasteiger partial charge on any atom is 0.159 e. The Labute approximate surface area is 131 Å². The van der Waals surface area contributed by atoms with Crippen LogP contribution in [0.4, 0.5) is 5.82 Å². The summed E-state index contributed by atoms with van der Waals surface area (Å²) < 4.78 is 2.02. The Morgan fingerprint density at radius 2 is 1.91 bits per heavy atom. The van der Waals surface area contributed by atoms with Crippen molar-refractivity contribution in [2.45, 2.75) is 25.4 Å². The van der Waals surface area contributed by atoms with Gasteiger partial charge in [0.05, 0.1) is 11.7 Å². The first-order valence-electron chi connectivity index (χ1n) is 8.48. The Kier molecular flexibility index (Phi) is 3.76. The molecule has 5 heteroatoms. The lowest BCUT2D eigenvalue weighted by atomic mass is 10.1. The number of aryl methyl sites for hydroxylation is 1. The van der Waals surface area contributed by atoms with E-state index < -0.39 is 0 Å². The van der Waals surface area contributed by atoms with Gasteiger partial charge < -0.3 is 10.2 Å². The number of rotatable bonds is 2. The first kappa shape index (κ1) is 14.0. The molecule has 3 heterocycles. The van der Waals surface area contributed by atoms with Gasteiger partial charge in [0.1, 0.15) is 0 Å². The van der Waals surface area contributed by atoms with E-state index in [1.807, 2.05) is 4.68 Å². The number of piperidine rings is 1. The second-order valence-corrected chi connectivity index (χ2v) is 6.42. The molecule has 4 rings (SSSR count). The van der Waals surface area contributed by atoms with E-state index in [1.165, 1.54) is 36.0 Å². The lowest BCUT2D eigenvalue weighted by Gasteiger charge is -2.44. The van der Waals surface area contributed by atoms with Gasteiger partial charge in [-0.05, 0) is 31.4 Å². The summed E-state index contributed by atoms with van der Waals surface area (Å²) >= 11 is 0. The van der Waals surface area contributed by atoms with Gasteiger partial charge in [-0.3, -0.25) is 9.58 Å². The van der Waals surface area contributed by atoms with Crippen LogP contribution in [0.1, 0.15) is 19.3 Å². The fourth-order valence-electron chi connectivity index (χ4n) is 3.93. The minimum Gasteiger partial charge on any atom is -0.339 e. The molecule has 0 aliphatic carbocycles. The fraction of sp³-hybridized carbons (Fsp3) is 0.588. The summed E-state index contributed by atoms with van der Waals surface area (Å²) in [7, 11) is 2.05. The van der Waals surface area contributed by atoms with Crippen molar-refractivity contribution in [2.24, 2.45) is 7.05 Å². The molecule has 22 heavy (non-hydrogen) atoms. The number of hydrogen-bond donors (Lipinski definition) is 1. The van der Waals surface area contributed by atoms with E-state index in [0.29, 0.717) is 6.17 Å². The number of nitrogens with one attached hydrogen (secondary N) is 1. The summed E-state index contributed by atoms with van der Waals surface area (Å²) in [5, 5.41) is 9.61. The Balaban J connectivity index is 1.70. The highest BCUT2D eigenvalue weighted by molar-refractivity contribution is 5.90. The molecule has 2 fully saturated rings. The van der Waals surface area contributed by atoms with Crippen LogP contribution in [0.2, 0.25) is 0 Å². The Morgan fingerprint density at radius 3 is 2.77 bits per heavy atom. The highest BCUT2D eigenvalue weighted by Crippen LogP contribution is 2.31. The Bertz CT molecular complexity index is 644. The zero-order valence-corrected chi connectivity index (χ0v) is 13.3. The molecule has 118 valence electrons. The summed E-state index contributed by atoms with van der Waals surface area (Å²) in [4.78, 5) is 5.19. The minimum atomic E-state index is 0.508. The molecule has 0 spiro atoms. The molecule has 0 saturated carbocycles. The van der Waals surface area contributed by atoms with Crippen LogP contribution in [0.25, 0.3) is 10.9 Å². The maximum atomic E-state index is 4.86. The zero-order valence-electron chi connectivity index (χ0n) is 13.3. The van der Waals surface area contributed by atoms with Crippen LogP contribution in [0, 0.1) is 0 Å². The predicted molar refractivity (Wildman–Crippen MR) is 90.1 cm³/mol. The van der Waals surface area contributed by atoms with Crippen molar-refractivity contribution in [1.82, 2.24) is 20.0 Å². The van der Waals surface area contributed by atoms with E-state index in [2.05, 4.69) is 46.4 Å². The quantitative estimate of drug-likeness (QED) is 0.917. The molecular formula is C17H25N5. The summed E-state index contributed by atoms with van der Waals surface area (Å²) in [6, 6.07) is 8.59. The standard InChI is InChI=1S/C17H25N5/c1-20-15-7-3-2-6-14(15)17(19-20)22-11-5-4-8-16(22)21-12-9-18-10-13-21/h2-3,6-7,16,18H,4-5,8-13H2,1H3. The number of para-hydroxylation sites is 1. The SMILES string of the molecule is Cn1nc(N2CCCCC2N2CCNCC2)c2ccccc21. The topological polar surface area (TPSA) is 36.3 Å². The van der Waals surface area contributed by atoms with Crippen molar-refractivity contribution in [2.75, 3.05) is 37.6 Å². The average Bonchev–Trinajstić information content (AvgIpc) is 2.93. The Morgan fingerprint density at radius 1 is 1.09 bits per heavy atom. The smallest absolute Gasteiger partial charge is 0.159 e. The molecule has 2 aliphatic rings. The van der Waals surface area contributed by atoms with Gasteiger partial charge in [0.25, 0.3) is 0 Å². The number of nitrogens with zero attached hydrogens (tertiary/aromatic N) is 4. The van der Waals surface area contributed by atoms with Crippen LogP contribution in [0.15, 0.2) is 24.3 Å². The van der Waals surface area contributed by atoms with Crippen molar-refractivity contribution < 1.29 is 0 Å². The molecule has 2 saturated heterocycles. The number of fused-ring (bicyclic) bond motifs is 1. The van der Waals surface area contributed by atoms with Gasteiger partial charge in [-0.15, -0.1) is 0 Å². The van der Waals surface area contributed by atoms with Crippen molar-refractivity contribution in [3.63, 3.8) is 0 Å². The third-order valence-corrected chi connectivity index (χ3v) is 5.05. The van der Waals surface area contributed by atoms with E-state index in [9.17, 15) is 0 Å². The van der Waals surface area contributed by atoms with Crippen molar-refractivity contribution in [3.8, 4) is 0 Å². The van der Waals surface area contributed by atoms with Gasteiger partial charge in [0.15, 0.2) is 5.82 Å². The predicted octanol–water partition coefficient (Wildman–Crippen LogP) is 1.79. The van der Waals surface area contributed by atoms with Gasteiger partial charge in [0, 0.05) is 45.2 Å². The van der Waals surface area contributed by atoms with Gasteiger partial charge in [-0.2, -0.15) is 5.10 Å². The number of anilines is 1. The third kappa shape index (κ3) is 2.38. The molecule has 1 atom stereocenters. The highest BCUT2D eigenvalue weighted by Gasteiger charge is 2.31. The molecule has 0 amide bonds. The summed E-state index contributed by atoms with van der Waals surface area (Å²) in [5.74, 6) is 1.17. The summed E-state index contributed by atoms with van der Waals surface area (Å²) in [5.41, 5.74) is 1.22. The molecule has 1 unspecified atom stereocenters. The molecule has 1 aromatic heterocycles. The number of benzene rings is 1. The van der Waals surface area contributed by atoms with Crippen LogP contribution in [-0.2, 0) is 7.05 Å². The van der Waals surface area contributed by atoms with Crippen LogP contribution in [0.3, 0.4) is 0 Å². The zero-order chi connectivity index (χ0) is 14.9. The van der Waals surface area contributed by atoms with Crippen molar-refractivity contribution in [3.05, 3.63) is 24.3 Å². The average molecular weight is 299 g/mol. The normalized spacial score (nSPS) is 24.0. The van der Waals surface area contributed by atoms with Crippen LogP contribution < -0.4 is 10.2 Å². The molecule has 1 N–H and O–H groups in total. The van der Waals surface area contributed by atoms with Crippen LogP contribution in [-0.4, -0.2) is 53.6 Å². The summed E-state index contributed by atoms with van der Waals surface area (Å²) in [6.07, 6.45) is 4.36. The Hall–Kier alpha value is -1.59. The van der Waals surface area contributed by atoms with E-state index in [0.717, 1.165) is 32.7 Å². The minimum absolute atomic E-state index is 0.508. The molecule has 2 aromatic rings. The molecular weight excluding hydrogens is 274 g/mol. The number of aromatic nitrogens is 2. The second-order valence-electron chi connectivity index (χ2n) is 6.42.